The van der Waals surface area contributed by atoms with Crippen molar-refractivity contribution in [2.24, 2.45) is 0 Å². The Morgan fingerprint density at radius 3 is 2.62 bits per heavy atom. The molecule has 3 rings (SSSR count). The van der Waals surface area contributed by atoms with Crippen molar-refractivity contribution in [3.63, 3.8) is 0 Å². The fourth-order valence-corrected chi connectivity index (χ4v) is 5.36. The van der Waals surface area contributed by atoms with Gasteiger partial charge in [0.15, 0.2) is 0 Å². The molecule has 0 radical (unpaired) electrons. The predicted octanol–water partition coefficient (Wildman–Crippen LogP) is 4.63. The van der Waals surface area contributed by atoms with Crippen molar-refractivity contribution in [3.8, 4) is 0 Å². The third-order valence-corrected chi connectivity index (χ3v) is 6.80. The molecule has 1 saturated heterocycles. The average molecular weight is 360 g/mol. The van der Waals surface area contributed by atoms with Gasteiger partial charge in [-0.2, -0.15) is 0 Å². The SMILES string of the molecule is Cc1cc(C(=O)Nc2cccc(C3SCCS3)c2)ccc1[N+](=O)[O-]. The Morgan fingerprint density at radius 2 is 1.96 bits per heavy atom. The molecule has 1 amide bonds. The molecule has 1 heterocycles. The number of nitro groups is 1. The van der Waals surface area contributed by atoms with Crippen molar-refractivity contribution in [1.82, 2.24) is 0 Å². The number of rotatable bonds is 4. The van der Waals surface area contributed by atoms with Crippen LogP contribution in [0.3, 0.4) is 0 Å². The Bertz CT molecular complexity index is 789. The number of nitrogens with one attached hydrogen (secondary N) is 1. The second kappa shape index (κ2) is 7.27. The molecule has 0 atom stereocenters. The first-order valence-electron chi connectivity index (χ1n) is 7.44. The van der Waals surface area contributed by atoms with Gasteiger partial charge in [0.25, 0.3) is 11.6 Å². The zero-order valence-corrected chi connectivity index (χ0v) is 14.7. The Kier molecular flexibility index (Phi) is 5.11. The van der Waals surface area contributed by atoms with E-state index in [0.717, 1.165) is 17.2 Å². The summed E-state index contributed by atoms with van der Waals surface area (Å²) in [5.74, 6) is 2.03. The van der Waals surface area contributed by atoms with Crippen molar-refractivity contribution in [3.05, 3.63) is 69.3 Å². The molecular formula is C17H16N2O3S2. The minimum atomic E-state index is -0.447. The molecule has 0 aliphatic carbocycles. The summed E-state index contributed by atoms with van der Waals surface area (Å²) in [6, 6.07) is 12.2. The van der Waals surface area contributed by atoms with Gasteiger partial charge in [-0.15, -0.1) is 23.5 Å². The van der Waals surface area contributed by atoms with E-state index in [1.807, 2.05) is 41.7 Å². The normalized spacial score (nSPS) is 14.5. The Morgan fingerprint density at radius 1 is 1.21 bits per heavy atom. The van der Waals surface area contributed by atoms with Gasteiger partial charge in [-0.05, 0) is 36.8 Å². The van der Waals surface area contributed by atoms with E-state index in [2.05, 4.69) is 11.4 Å². The van der Waals surface area contributed by atoms with Crippen molar-refractivity contribution in [2.75, 3.05) is 16.8 Å². The van der Waals surface area contributed by atoms with Gasteiger partial charge in [0.2, 0.25) is 0 Å². The molecule has 1 fully saturated rings. The highest BCUT2D eigenvalue weighted by Crippen LogP contribution is 2.45. The maximum absolute atomic E-state index is 12.4. The summed E-state index contributed by atoms with van der Waals surface area (Å²) in [5, 5.41) is 13.7. The van der Waals surface area contributed by atoms with Gasteiger partial charge < -0.3 is 5.32 Å². The van der Waals surface area contributed by atoms with E-state index in [1.165, 1.54) is 17.7 Å². The second-order valence-electron chi connectivity index (χ2n) is 5.41. The molecule has 24 heavy (non-hydrogen) atoms. The van der Waals surface area contributed by atoms with Crippen molar-refractivity contribution >= 4 is 40.8 Å². The highest BCUT2D eigenvalue weighted by molar-refractivity contribution is 8.19. The first-order valence-corrected chi connectivity index (χ1v) is 9.54. The molecule has 7 heteroatoms. The molecule has 2 aromatic rings. The molecule has 1 aliphatic rings. The molecule has 0 unspecified atom stereocenters. The van der Waals surface area contributed by atoms with Crippen LogP contribution in [0.2, 0.25) is 0 Å². The maximum Gasteiger partial charge on any atom is 0.272 e. The van der Waals surface area contributed by atoms with Gasteiger partial charge in [0.05, 0.1) is 9.51 Å². The summed E-state index contributed by atoms with van der Waals surface area (Å²) in [5.41, 5.74) is 2.83. The van der Waals surface area contributed by atoms with E-state index in [1.54, 1.807) is 13.0 Å². The number of hydrogen-bond donors (Lipinski definition) is 1. The molecule has 0 aromatic heterocycles. The molecule has 0 bridgehead atoms. The number of hydrogen-bond acceptors (Lipinski definition) is 5. The minimum absolute atomic E-state index is 0.0174. The second-order valence-corrected chi connectivity index (χ2v) is 8.14. The maximum atomic E-state index is 12.4. The third-order valence-electron chi connectivity index (χ3n) is 3.69. The molecule has 2 aromatic carbocycles. The lowest BCUT2D eigenvalue weighted by molar-refractivity contribution is -0.385. The molecule has 1 N–H and O–H groups in total. The van der Waals surface area contributed by atoms with Crippen molar-refractivity contribution in [2.45, 2.75) is 11.5 Å². The monoisotopic (exact) mass is 360 g/mol. The van der Waals surface area contributed by atoms with Crippen molar-refractivity contribution in [1.29, 1.82) is 0 Å². The van der Waals surface area contributed by atoms with Gasteiger partial charge in [0, 0.05) is 34.4 Å². The number of nitrogens with zero attached hydrogens (tertiary/aromatic N) is 1. The van der Waals surface area contributed by atoms with Crippen LogP contribution in [0, 0.1) is 17.0 Å². The van der Waals surface area contributed by atoms with E-state index in [0.29, 0.717) is 15.7 Å². The van der Waals surface area contributed by atoms with Gasteiger partial charge >= 0.3 is 0 Å². The number of aryl methyl sites for hydroxylation is 1. The van der Waals surface area contributed by atoms with Crippen LogP contribution in [-0.4, -0.2) is 22.3 Å². The largest absolute Gasteiger partial charge is 0.322 e. The standard InChI is InChI=1S/C17H16N2O3S2/c1-11-9-12(5-6-15(11)19(21)22)16(20)18-14-4-2-3-13(10-14)17-23-7-8-24-17/h2-6,9-10,17H,7-8H2,1H3,(H,18,20). The van der Waals surface area contributed by atoms with E-state index in [4.69, 9.17) is 0 Å². The first kappa shape index (κ1) is 16.9. The zero-order chi connectivity index (χ0) is 17.1. The number of benzene rings is 2. The lowest BCUT2D eigenvalue weighted by Gasteiger charge is -2.11. The Labute approximate surface area is 148 Å². The Balaban J connectivity index is 1.76. The summed E-state index contributed by atoms with van der Waals surface area (Å²) in [7, 11) is 0. The lowest BCUT2D eigenvalue weighted by Crippen LogP contribution is -2.12. The van der Waals surface area contributed by atoms with E-state index >= 15 is 0 Å². The van der Waals surface area contributed by atoms with Crippen LogP contribution in [0.5, 0.6) is 0 Å². The number of amides is 1. The van der Waals surface area contributed by atoms with Crippen LogP contribution in [0.25, 0.3) is 0 Å². The van der Waals surface area contributed by atoms with Crippen LogP contribution in [0.15, 0.2) is 42.5 Å². The van der Waals surface area contributed by atoms with E-state index in [-0.39, 0.29) is 11.6 Å². The first-order chi connectivity index (χ1) is 11.5. The number of anilines is 1. The summed E-state index contributed by atoms with van der Waals surface area (Å²) < 4.78 is 0.420. The average Bonchev–Trinajstić information content (AvgIpc) is 3.09. The highest BCUT2D eigenvalue weighted by Gasteiger charge is 2.19. The number of nitro benzene ring substituents is 1. The summed E-state index contributed by atoms with van der Waals surface area (Å²) >= 11 is 3.82. The Hall–Kier alpha value is -1.99. The lowest BCUT2D eigenvalue weighted by atomic mass is 10.1. The van der Waals surface area contributed by atoms with Crippen LogP contribution in [-0.2, 0) is 0 Å². The summed E-state index contributed by atoms with van der Waals surface area (Å²) in [6.07, 6.45) is 0. The van der Waals surface area contributed by atoms with Crippen LogP contribution >= 0.6 is 23.5 Å². The number of carbonyl (C=O) groups excluding carboxylic acids is 1. The van der Waals surface area contributed by atoms with Gasteiger partial charge in [0.1, 0.15) is 0 Å². The fourth-order valence-electron chi connectivity index (χ4n) is 2.52. The predicted molar refractivity (Wildman–Crippen MR) is 99.9 cm³/mol. The van der Waals surface area contributed by atoms with E-state index < -0.39 is 4.92 Å². The molecule has 5 nitrogen and oxygen atoms in total. The minimum Gasteiger partial charge on any atom is -0.322 e. The van der Waals surface area contributed by atoms with Crippen LogP contribution in [0.4, 0.5) is 11.4 Å². The fraction of sp³-hybridized carbons (Fsp3) is 0.235. The van der Waals surface area contributed by atoms with Gasteiger partial charge in [-0.1, -0.05) is 12.1 Å². The number of thioether (sulfide) groups is 2. The zero-order valence-electron chi connectivity index (χ0n) is 13.0. The number of carbonyl (C=O) groups is 1. The summed E-state index contributed by atoms with van der Waals surface area (Å²) in [4.78, 5) is 22.8. The molecular weight excluding hydrogens is 344 g/mol. The molecule has 0 saturated carbocycles. The van der Waals surface area contributed by atoms with Gasteiger partial charge in [-0.3, -0.25) is 14.9 Å². The van der Waals surface area contributed by atoms with Crippen molar-refractivity contribution < 1.29 is 9.72 Å². The molecule has 124 valence electrons. The third kappa shape index (κ3) is 3.73. The van der Waals surface area contributed by atoms with Gasteiger partial charge in [-0.25, -0.2) is 0 Å². The smallest absolute Gasteiger partial charge is 0.272 e. The quantitative estimate of drug-likeness (QED) is 0.635. The highest BCUT2D eigenvalue weighted by atomic mass is 32.2. The topological polar surface area (TPSA) is 72.2 Å². The summed E-state index contributed by atoms with van der Waals surface area (Å²) in [6.45, 7) is 1.63. The molecule has 1 aliphatic heterocycles. The van der Waals surface area contributed by atoms with E-state index in [9.17, 15) is 14.9 Å². The molecule has 0 spiro atoms. The van der Waals surface area contributed by atoms with Crippen LogP contribution in [0.1, 0.15) is 26.1 Å². The van der Waals surface area contributed by atoms with Crippen LogP contribution < -0.4 is 5.32 Å².